The summed E-state index contributed by atoms with van der Waals surface area (Å²) in [5.41, 5.74) is 6.91. The van der Waals surface area contributed by atoms with E-state index in [9.17, 15) is 4.79 Å². The average Bonchev–Trinajstić information content (AvgIpc) is 2.76. The van der Waals surface area contributed by atoms with E-state index in [1.54, 1.807) is 11.7 Å². The van der Waals surface area contributed by atoms with Gasteiger partial charge >= 0.3 is 0 Å². The van der Waals surface area contributed by atoms with Crippen LogP contribution >= 0.6 is 15.9 Å². The number of H-pyrrole nitrogens is 1. The zero-order chi connectivity index (χ0) is 15.0. The van der Waals surface area contributed by atoms with Gasteiger partial charge in [0.05, 0.1) is 13.7 Å². The summed E-state index contributed by atoms with van der Waals surface area (Å²) < 4.78 is 7.39. The molecule has 7 nitrogen and oxygen atoms in total. The summed E-state index contributed by atoms with van der Waals surface area (Å²) in [7, 11) is 1.62. The van der Waals surface area contributed by atoms with Gasteiger partial charge in [0.1, 0.15) is 5.75 Å². The van der Waals surface area contributed by atoms with Crippen molar-refractivity contribution in [3.63, 3.8) is 0 Å². The monoisotopic (exact) mass is 349 g/mol. The number of fused-ring (bicyclic) bond motifs is 1. The molecule has 21 heavy (non-hydrogen) atoms. The van der Waals surface area contributed by atoms with E-state index >= 15 is 0 Å². The van der Waals surface area contributed by atoms with Crippen LogP contribution in [-0.2, 0) is 6.54 Å². The number of rotatable bonds is 3. The molecule has 0 fully saturated rings. The molecule has 3 rings (SSSR count). The molecule has 0 amide bonds. The number of nitrogens with one attached hydrogen (secondary N) is 1. The number of hydrogen-bond acceptors (Lipinski definition) is 5. The Labute approximate surface area is 127 Å². The topological polar surface area (TPSA) is 98.8 Å². The summed E-state index contributed by atoms with van der Waals surface area (Å²) >= 11 is 3.35. The highest BCUT2D eigenvalue weighted by molar-refractivity contribution is 9.10. The molecule has 3 N–H and O–H groups in total. The maximum atomic E-state index is 12.0. The van der Waals surface area contributed by atoms with Crippen molar-refractivity contribution >= 4 is 33.0 Å². The third-order valence-electron chi connectivity index (χ3n) is 3.09. The summed E-state index contributed by atoms with van der Waals surface area (Å²) in [6.07, 6.45) is 0. The van der Waals surface area contributed by atoms with E-state index in [4.69, 9.17) is 10.5 Å². The first-order valence-electron chi connectivity index (χ1n) is 6.13. The molecule has 0 radical (unpaired) electrons. The minimum Gasteiger partial charge on any atom is -0.497 e. The van der Waals surface area contributed by atoms with Crippen LogP contribution in [0.2, 0.25) is 0 Å². The number of benzene rings is 1. The second-order valence-electron chi connectivity index (χ2n) is 4.44. The van der Waals surface area contributed by atoms with E-state index in [-0.39, 0.29) is 11.5 Å². The van der Waals surface area contributed by atoms with Crippen LogP contribution in [0.15, 0.2) is 33.8 Å². The van der Waals surface area contributed by atoms with E-state index in [1.165, 1.54) is 0 Å². The van der Waals surface area contributed by atoms with Gasteiger partial charge in [-0.25, -0.2) is 4.98 Å². The summed E-state index contributed by atoms with van der Waals surface area (Å²) in [4.78, 5) is 22.8. The molecule has 1 aromatic carbocycles. The second kappa shape index (κ2) is 5.21. The minimum atomic E-state index is -0.316. The lowest BCUT2D eigenvalue weighted by Gasteiger charge is -2.06. The minimum absolute atomic E-state index is 0.0501. The first-order chi connectivity index (χ1) is 10.1. The van der Waals surface area contributed by atoms with Crippen LogP contribution in [-0.4, -0.2) is 26.6 Å². The quantitative estimate of drug-likeness (QED) is 0.698. The van der Waals surface area contributed by atoms with Crippen molar-refractivity contribution in [3.8, 4) is 5.75 Å². The molecular weight excluding hydrogens is 338 g/mol. The van der Waals surface area contributed by atoms with Gasteiger partial charge in [-0.05, 0) is 33.6 Å². The number of nitrogen functional groups attached to an aromatic ring is 1. The predicted molar refractivity (Wildman–Crippen MR) is 82.4 cm³/mol. The van der Waals surface area contributed by atoms with Gasteiger partial charge in [0, 0.05) is 0 Å². The van der Waals surface area contributed by atoms with Crippen LogP contribution in [0.4, 0.5) is 5.95 Å². The Bertz CT molecular complexity index is 853. The van der Waals surface area contributed by atoms with E-state index in [1.807, 2.05) is 24.3 Å². The number of ether oxygens (including phenoxy) is 1. The Morgan fingerprint density at radius 3 is 2.71 bits per heavy atom. The summed E-state index contributed by atoms with van der Waals surface area (Å²) in [5.74, 6) is 0.828. The molecule has 0 unspecified atom stereocenters. The van der Waals surface area contributed by atoms with E-state index in [2.05, 4.69) is 30.9 Å². The van der Waals surface area contributed by atoms with Crippen LogP contribution in [0.3, 0.4) is 0 Å². The van der Waals surface area contributed by atoms with Crippen LogP contribution in [0.1, 0.15) is 5.56 Å². The third-order valence-corrected chi connectivity index (χ3v) is 3.69. The number of nitrogens with zero attached hydrogens (tertiary/aromatic N) is 3. The van der Waals surface area contributed by atoms with Gasteiger partial charge < -0.3 is 15.0 Å². The van der Waals surface area contributed by atoms with Gasteiger partial charge in [-0.1, -0.05) is 12.1 Å². The third kappa shape index (κ3) is 2.49. The Morgan fingerprint density at radius 1 is 1.33 bits per heavy atom. The molecule has 2 heterocycles. The predicted octanol–water partition coefficient (Wildman–Crippen LogP) is 1.52. The van der Waals surface area contributed by atoms with Gasteiger partial charge in [0.25, 0.3) is 5.56 Å². The molecule has 0 saturated heterocycles. The highest BCUT2D eigenvalue weighted by Crippen LogP contribution is 2.19. The van der Waals surface area contributed by atoms with Crippen molar-refractivity contribution in [2.75, 3.05) is 12.8 Å². The molecule has 0 saturated carbocycles. The second-order valence-corrected chi connectivity index (χ2v) is 5.15. The summed E-state index contributed by atoms with van der Waals surface area (Å²) in [6.45, 7) is 0.482. The molecule has 0 atom stereocenters. The van der Waals surface area contributed by atoms with E-state index < -0.39 is 0 Å². The number of hydrogen-bond donors (Lipinski definition) is 2. The maximum Gasteiger partial charge on any atom is 0.278 e. The highest BCUT2D eigenvalue weighted by Gasteiger charge is 2.14. The maximum absolute atomic E-state index is 12.0. The zero-order valence-electron chi connectivity index (χ0n) is 11.1. The molecule has 0 spiro atoms. The zero-order valence-corrected chi connectivity index (χ0v) is 12.7. The largest absolute Gasteiger partial charge is 0.497 e. The Kier molecular flexibility index (Phi) is 3.38. The summed E-state index contributed by atoms with van der Waals surface area (Å²) in [6, 6.07) is 7.58. The molecule has 108 valence electrons. The van der Waals surface area contributed by atoms with Crippen LogP contribution in [0, 0.1) is 0 Å². The van der Waals surface area contributed by atoms with Crippen molar-refractivity contribution in [3.05, 3.63) is 44.9 Å². The van der Waals surface area contributed by atoms with Gasteiger partial charge in [-0.2, -0.15) is 4.98 Å². The number of aromatic amines is 1. The molecule has 0 aliphatic carbocycles. The number of aromatic nitrogens is 4. The number of methoxy groups -OCH3 is 1. The Morgan fingerprint density at radius 2 is 2.05 bits per heavy atom. The fraction of sp³-hybridized carbons (Fsp3) is 0.154. The SMILES string of the molecule is COc1ccc(Cn2c(Br)nc3nc(N)[nH]c(=O)c32)cc1. The number of nitrogens with two attached hydrogens (primary N) is 1. The smallest absolute Gasteiger partial charge is 0.278 e. The molecule has 2 aromatic heterocycles. The highest BCUT2D eigenvalue weighted by atomic mass is 79.9. The van der Waals surface area contributed by atoms with Gasteiger partial charge in [0.15, 0.2) is 15.9 Å². The fourth-order valence-corrected chi connectivity index (χ4v) is 2.56. The van der Waals surface area contributed by atoms with Crippen LogP contribution in [0.5, 0.6) is 5.75 Å². The van der Waals surface area contributed by atoms with Crippen LogP contribution < -0.4 is 16.0 Å². The first-order valence-corrected chi connectivity index (χ1v) is 6.92. The molecule has 0 bridgehead atoms. The lowest BCUT2D eigenvalue weighted by atomic mass is 10.2. The normalized spacial score (nSPS) is 11.0. The standard InChI is InChI=1S/C13H12BrN5O2/c1-21-8-4-2-7(3-5-8)6-19-9-10(16-12(19)14)17-13(15)18-11(9)20/h2-5H,6H2,1H3,(H3,15,17,18,20). The fourth-order valence-electron chi connectivity index (χ4n) is 2.09. The Hall–Kier alpha value is -2.35. The van der Waals surface area contributed by atoms with Gasteiger partial charge in [0.2, 0.25) is 5.95 Å². The molecule has 0 aliphatic rings. The van der Waals surface area contributed by atoms with Crippen molar-refractivity contribution in [2.24, 2.45) is 0 Å². The number of anilines is 1. The molecule has 8 heteroatoms. The van der Waals surface area contributed by atoms with Crippen molar-refractivity contribution in [1.82, 2.24) is 19.5 Å². The van der Waals surface area contributed by atoms with E-state index in [0.717, 1.165) is 11.3 Å². The molecular formula is C13H12BrN5O2. The lowest BCUT2D eigenvalue weighted by molar-refractivity contribution is 0.414. The van der Waals surface area contributed by atoms with Gasteiger partial charge in [-0.15, -0.1) is 0 Å². The Balaban J connectivity index is 2.07. The number of imidazole rings is 1. The van der Waals surface area contributed by atoms with E-state index in [0.29, 0.717) is 22.4 Å². The first kappa shape index (κ1) is 13.6. The van der Waals surface area contributed by atoms with Crippen molar-refractivity contribution in [2.45, 2.75) is 6.54 Å². The summed E-state index contributed by atoms with van der Waals surface area (Å²) in [5, 5.41) is 0. The van der Waals surface area contributed by atoms with Crippen molar-refractivity contribution < 1.29 is 4.74 Å². The number of halogens is 1. The molecule has 3 aromatic rings. The molecule has 0 aliphatic heterocycles. The van der Waals surface area contributed by atoms with Gasteiger partial charge in [-0.3, -0.25) is 9.78 Å². The average molecular weight is 350 g/mol. The lowest BCUT2D eigenvalue weighted by Crippen LogP contribution is -2.15. The van der Waals surface area contributed by atoms with Crippen LogP contribution in [0.25, 0.3) is 11.2 Å². The van der Waals surface area contributed by atoms with Crippen molar-refractivity contribution in [1.29, 1.82) is 0 Å².